The molecule has 0 saturated carbocycles. The van der Waals surface area contributed by atoms with Crippen LogP contribution in [0.15, 0.2) is 66.7 Å². The number of nitro groups is 1. The Morgan fingerprint density at radius 3 is 2.37 bits per heavy atom. The lowest BCUT2D eigenvalue weighted by Crippen LogP contribution is -2.43. The van der Waals surface area contributed by atoms with E-state index in [1.54, 1.807) is 6.07 Å². The van der Waals surface area contributed by atoms with Gasteiger partial charge < -0.3 is 4.74 Å². The average Bonchev–Trinajstić information content (AvgIpc) is 2.70. The fourth-order valence-corrected chi connectivity index (χ4v) is 2.43. The van der Waals surface area contributed by atoms with Crippen molar-refractivity contribution in [2.45, 2.75) is 0 Å². The normalized spacial score (nSPS) is 10.2. The maximum Gasteiger partial charge on any atom is 0.276 e. The van der Waals surface area contributed by atoms with E-state index < -0.39 is 16.7 Å². The van der Waals surface area contributed by atoms with Gasteiger partial charge in [-0.15, -0.1) is 0 Å². The minimum atomic E-state index is -0.594. The molecule has 8 nitrogen and oxygen atoms in total. The third kappa shape index (κ3) is 4.37. The van der Waals surface area contributed by atoms with Crippen molar-refractivity contribution in [2.75, 3.05) is 6.61 Å². The van der Waals surface area contributed by atoms with Gasteiger partial charge in [-0.1, -0.05) is 36.4 Å². The quantitative estimate of drug-likeness (QED) is 0.533. The van der Waals surface area contributed by atoms with Crippen LogP contribution in [0, 0.1) is 10.1 Å². The lowest BCUT2D eigenvalue weighted by atomic mass is 10.1. The van der Waals surface area contributed by atoms with Gasteiger partial charge >= 0.3 is 0 Å². The predicted molar refractivity (Wildman–Crippen MR) is 98.1 cm³/mol. The summed E-state index contributed by atoms with van der Waals surface area (Å²) in [6, 6.07) is 18.1. The number of ether oxygens (including phenoxy) is 1. The zero-order valence-electron chi connectivity index (χ0n) is 14.0. The molecule has 27 heavy (non-hydrogen) atoms. The molecule has 2 amide bonds. The lowest BCUT2D eigenvalue weighted by molar-refractivity contribution is -0.384. The summed E-state index contributed by atoms with van der Waals surface area (Å²) in [5.41, 5.74) is 4.52. The Morgan fingerprint density at radius 1 is 0.926 bits per heavy atom. The van der Waals surface area contributed by atoms with Gasteiger partial charge in [-0.2, -0.15) is 0 Å². The fourth-order valence-electron chi connectivity index (χ4n) is 2.43. The summed E-state index contributed by atoms with van der Waals surface area (Å²) in [4.78, 5) is 33.9. The molecule has 2 N–H and O–H groups in total. The first-order valence-corrected chi connectivity index (χ1v) is 7.99. The van der Waals surface area contributed by atoms with Gasteiger partial charge in [0.25, 0.3) is 17.5 Å². The largest absolute Gasteiger partial charge is 0.483 e. The van der Waals surface area contributed by atoms with Crippen molar-refractivity contribution in [3.05, 3.63) is 82.4 Å². The van der Waals surface area contributed by atoms with Crippen LogP contribution in [0.3, 0.4) is 0 Å². The highest BCUT2D eigenvalue weighted by Crippen LogP contribution is 2.24. The van der Waals surface area contributed by atoms with Crippen molar-refractivity contribution >= 4 is 28.3 Å². The van der Waals surface area contributed by atoms with Gasteiger partial charge in [0.15, 0.2) is 6.61 Å². The number of carbonyl (C=O) groups is 2. The minimum Gasteiger partial charge on any atom is -0.483 e. The third-order valence-corrected chi connectivity index (χ3v) is 3.76. The van der Waals surface area contributed by atoms with E-state index in [2.05, 4.69) is 10.9 Å². The molecule has 136 valence electrons. The van der Waals surface area contributed by atoms with E-state index in [0.717, 1.165) is 10.8 Å². The molecule has 0 radical (unpaired) electrons. The van der Waals surface area contributed by atoms with Gasteiger partial charge in [-0.3, -0.25) is 30.6 Å². The molecule has 0 spiro atoms. The Morgan fingerprint density at radius 2 is 1.63 bits per heavy atom. The molecular weight excluding hydrogens is 350 g/mol. The van der Waals surface area contributed by atoms with Gasteiger partial charge in [-0.25, -0.2) is 0 Å². The second-order valence-electron chi connectivity index (χ2n) is 5.57. The third-order valence-electron chi connectivity index (χ3n) is 3.76. The van der Waals surface area contributed by atoms with Crippen molar-refractivity contribution < 1.29 is 19.2 Å². The van der Waals surface area contributed by atoms with E-state index in [4.69, 9.17) is 4.74 Å². The van der Waals surface area contributed by atoms with E-state index >= 15 is 0 Å². The van der Waals surface area contributed by atoms with Crippen LogP contribution >= 0.6 is 0 Å². The van der Waals surface area contributed by atoms with Gasteiger partial charge in [0.1, 0.15) is 5.75 Å². The summed E-state index contributed by atoms with van der Waals surface area (Å²) in [7, 11) is 0. The lowest BCUT2D eigenvalue weighted by Gasteiger charge is -2.10. The predicted octanol–water partition coefficient (Wildman–Crippen LogP) is 2.59. The number of nitro benzene ring substituents is 1. The highest BCUT2D eigenvalue weighted by Gasteiger charge is 2.11. The van der Waals surface area contributed by atoms with Crippen LogP contribution in [0.1, 0.15) is 10.4 Å². The Hall–Kier alpha value is -3.94. The van der Waals surface area contributed by atoms with Crippen LogP contribution in [-0.4, -0.2) is 23.3 Å². The Balaban J connectivity index is 1.53. The summed E-state index contributed by atoms with van der Waals surface area (Å²) in [5, 5.41) is 12.5. The highest BCUT2D eigenvalue weighted by molar-refractivity contribution is 5.95. The summed E-state index contributed by atoms with van der Waals surface area (Å²) in [6.07, 6.45) is 0. The first kappa shape index (κ1) is 17.9. The standard InChI is InChI=1S/C19H15N3O5/c23-18(12-27-17-7-3-5-13-4-1-2-6-16(13)17)20-21-19(24)14-8-10-15(11-9-14)22(25)26/h1-11H,12H2,(H,20,23)(H,21,24). The maximum absolute atomic E-state index is 11.9. The molecule has 3 aromatic carbocycles. The zero-order chi connectivity index (χ0) is 19.2. The first-order valence-electron chi connectivity index (χ1n) is 7.99. The van der Waals surface area contributed by atoms with Gasteiger partial charge in [0.05, 0.1) is 4.92 Å². The number of amides is 2. The molecule has 0 bridgehead atoms. The van der Waals surface area contributed by atoms with Crippen LogP contribution < -0.4 is 15.6 Å². The Bertz CT molecular complexity index is 996. The van der Waals surface area contributed by atoms with Crippen molar-refractivity contribution in [3.8, 4) is 5.75 Å². The fraction of sp³-hybridized carbons (Fsp3) is 0.0526. The number of fused-ring (bicyclic) bond motifs is 1. The van der Waals surface area contributed by atoms with Gasteiger partial charge in [0.2, 0.25) is 0 Å². The molecule has 0 aromatic heterocycles. The number of non-ortho nitro benzene ring substituents is 1. The number of hydrazine groups is 1. The summed E-state index contributed by atoms with van der Waals surface area (Å²) in [5.74, 6) is -0.577. The average molecular weight is 365 g/mol. The number of nitrogens with one attached hydrogen (secondary N) is 2. The smallest absolute Gasteiger partial charge is 0.276 e. The Labute approximate surface area is 153 Å². The maximum atomic E-state index is 11.9. The second kappa shape index (κ2) is 7.96. The zero-order valence-corrected chi connectivity index (χ0v) is 14.0. The van der Waals surface area contributed by atoms with Crippen molar-refractivity contribution in [1.29, 1.82) is 0 Å². The summed E-state index contributed by atoms with van der Waals surface area (Å²) in [6.45, 7) is -0.283. The van der Waals surface area contributed by atoms with E-state index in [9.17, 15) is 19.7 Å². The molecule has 8 heteroatoms. The van der Waals surface area contributed by atoms with Gasteiger partial charge in [0, 0.05) is 23.1 Å². The molecule has 0 aliphatic heterocycles. The molecular formula is C19H15N3O5. The molecule has 0 saturated heterocycles. The molecule has 0 heterocycles. The molecule has 0 fully saturated rings. The Kier molecular flexibility index (Phi) is 5.27. The molecule has 3 aromatic rings. The van der Waals surface area contributed by atoms with Crippen molar-refractivity contribution in [2.24, 2.45) is 0 Å². The molecule has 3 rings (SSSR count). The molecule has 0 atom stereocenters. The number of hydrogen-bond acceptors (Lipinski definition) is 5. The van der Waals surface area contributed by atoms with Crippen molar-refractivity contribution in [1.82, 2.24) is 10.9 Å². The van der Waals surface area contributed by atoms with Crippen LogP contribution in [0.2, 0.25) is 0 Å². The van der Waals surface area contributed by atoms with Crippen molar-refractivity contribution in [3.63, 3.8) is 0 Å². The molecule has 0 aliphatic rings. The minimum absolute atomic E-state index is 0.126. The highest BCUT2D eigenvalue weighted by atomic mass is 16.6. The topological polar surface area (TPSA) is 111 Å². The van der Waals surface area contributed by atoms with Gasteiger partial charge in [-0.05, 0) is 23.6 Å². The number of rotatable bonds is 5. The number of benzene rings is 3. The summed E-state index contributed by atoms with van der Waals surface area (Å²) < 4.78 is 5.52. The van der Waals surface area contributed by atoms with E-state index in [1.807, 2.05) is 36.4 Å². The number of nitrogens with zero attached hydrogens (tertiary/aromatic N) is 1. The molecule has 0 aliphatic carbocycles. The van der Waals surface area contributed by atoms with E-state index in [-0.39, 0.29) is 17.9 Å². The monoisotopic (exact) mass is 365 g/mol. The van der Waals surface area contributed by atoms with Crippen LogP contribution in [0.4, 0.5) is 5.69 Å². The van der Waals surface area contributed by atoms with Crippen LogP contribution in [-0.2, 0) is 4.79 Å². The number of hydrogen-bond donors (Lipinski definition) is 2. The van der Waals surface area contributed by atoms with Crippen LogP contribution in [0.5, 0.6) is 5.75 Å². The molecule has 0 unspecified atom stereocenters. The van der Waals surface area contributed by atoms with Crippen LogP contribution in [0.25, 0.3) is 10.8 Å². The first-order chi connectivity index (χ1) is 13.0. The summed E-state index contributed by atoms with van der Waals surface area (Å²) >= 11 is 0. The SMILES string of the molecule is O=C(COc1cccc2ccccc12)NNC(=O)c1ccc([N+](=O)[O-])cc1. The number of carbonyl (C=O) groups excluding carboxylic acids is 2. The van der Waals surface area contributed by atoms with E-state index in [1.165, 1.54) is 24.3 Å². The van der Waals surface area contributed by atoms with E-state index in [0.29, 0.717) is 5.75 Å². The second-order valence-corrected chi connectivity index (χ2v) is 5.57.